The third-order valence-corrected chi connectivity index (χ3v) is 4.37. The van der Waals surface area contributed by atoms with Gasteiger partial charge in [-0.1, -0.05) is 17.3 Å². The van der Waals surface area contributed by atoms with E-state index in [4.69, 9.17) is 4.74 Å². The van der Waals surface area contributed by atoms with Gasteiger partial charge in [-0.15, -0.1) is 5.10 Å². The van der Waals surface area contributed by atoms with Crippen LogP contribution >= 0.6 is 0 Å². The number of aromatic nitrogens is 4. The van der Waals surface area contributed by atoms with Gasteiger partial charge in [-0.3, -0.25) is 9.78 Å². The van der Waals surface area contributed by atoms with Gasteiger partial charge in [0.25, 0.3) is 5.91 Å². The topological polar surface area (TPSA) is 94.3 Å². The summed E-state index contributed by atoms with van der Waals surface area (Å²) in [4.78, 5) is 15.9. The molecule has 0 unspecified atom stereocenters. The molecule has 29 heavy (non-hydrogen) atoms. The average molecular weight is 386 g/mol. The van der Waals surface area contributed by atoms with E-state index < -0.39 is 0 Å². The van der Waals surface area contributed by atoms with Crippen LogP contribution in [0.1, 0.15) is 21.5 Å². The van der Waals surface area contributed by atoms with E-state index >= 15 is 0 Å². The number of benzene rings is 2. The van der Waals surface area contributed by atoms with Crippen molar-refractivity contribution < 1.29 is 9.53 Å². The van der Waals surface area contributed by atoms with Gasteiger partial charge in [0.15, 0.2) is 0 Å². The highest BCUT2D eigenvalue weighted by Gasteiger charge is 2.09. The van der Waals surface area contributed by atoms with E-state index in [1.165, 1.54) is 0 Å². The number of amides is 1. The Bertz CT molecular complexity index is 1170. The number of carbonyl (C=O) groups is 1. The molecule has 144 valence electrons. The van der Waals surface area contributed by atoms with Gasteiger partial charge in [0.1, 0.15) is 11.3 Å². The van der Waals surface area contributed by atoms with E-state index in [0.717, 1.165) is 27.9 Å². The minimum Gasteiger partial charge on any atom is -0.496 e. The molecule has 1 amide bonds. The molecule has 0 fully saturated rings. The first kappa shape index (κ1) is 18.3. The average Bonchev–Trinajstić information content (AvgIpc) is 3.17. The van der Waals surface area contributed by atoms with Gasteiger partial charge in [-0.2, -0.15) is 5.10 Å². The number of nitrogens with zero attached hydrogens (tertiary/aromatic N) is 5. The van der Waals surface area contributed by atoms with Crippen molar-refractivity contribution in [1.29, 1.82) is 0 Å². The number of rotatable bonds is 6. The minimum absolute atomic E-state index is 0.300. The Kier molecular flexibility index (Phi) is 5.24. The third-order valence-electron chi connectivity index (χ3n) is 4.37. The fraction of sp³-hybridized carbons (Fsp3) is 0.0952. The number of para-hydroxylation sites is 1. The molecule has 0 aliphatic heterocycles. The van der Waals surface area contributed by atoms with Crippen LogP contribution < -0.4 is 10.2 Å². The summed E-state index contributed by atoms with van der Waals surface area (Å²) in [5.74, 6) is 0.439. The van der Waals surface area contributed by atoms with E-state index in [9.17, 15) is 4.79 Å². The molecule has 2 aromatic carbocycles. The second-order valence-corrected chi connectivity index (χ2v) is 6.24. The van der Waals surface area contributed by atoms with Gasteiger partial charge in [-0.25, -0.2) is 10.1 Å². The Labute approximate surface area is 166 Å². The molecule has 4 aromatic rings. The van der Waals surface area contributed by atoms with E-state index in [1.54, 1.807) is 37.9 Å². The molecule has 8 heteroatoms. The van der Waals surface area contributed by atoms with Gasteiger partial charge >= 0.3 is 0 Å². The first-order valence-corrected chi connectivity index (χ1v) is 8.93. The zero-order chi connectivity index (χ0) is 20.1. The van der Waals surface area contributed by atoms with Gasteiger partial charge in [-0.05, 0) is 48.0 Å². The molecule has 2 aromatic heterocycles. The third kappa shape index (κ3) is 4.11. The molecule has 0 radical (unpaired) electrons. The summed E-state index contributed by atoms with van der Waals surface area (Å²) in [7, 11) is 1.63. The van der Waals surface area contributed by atoms with Crippen LogP contribution in [0.15, 0.2) is 72.1 Å². The summed E-state index contributed by atoms with van der Waals surface area (Å²) >= 11 is 0. The molecular weight excluding hydrogens is 368 g/mol. The molecule has 0 aliphatic carbocycles. The standard InChI is InChI=1S/C21H18N6O2/c1-29-20-7-6-15(13-23-25-21(28)16-8-10-22-11-9-16)12-17(20)14-27-19-5-3-2-4-18(19)24-26-27/h2-13H,14H2,1H3,(H,25,28)/b23-13-. The number of methoxy groups -OCH3 is 1. The Morgan fingerprint density at radius 3 is 2.83 bits per heavy atom. The summed E-state index contributed by atoms with van der Waals surface area (Å²) in [6.45, 7) is 0.495. The zero-order valence-electron chi connectivity index (χ0n) is 15.7. The van der Waals surface area contributed by atoms with E-state index in [0.29, 0.717) is 12.1 Å². The number of pyridine rings is 1. The van der Waals surface area contributed by atoms with E-state index in [-0.39, 0.29) is 5.91 Å². The normalized spacial score (nSPS) is 11.1. The number of ether oxygens (including phenoxy) is 1. The summed E-state index contributed by atoms with van der Waals surface area (Å²) < 4.78 is 7.30. The fourth-order valence-corrected chi connectivity index (χ4v) is 2.93. The maximum Gasteiger partial charge on any atom is 0.271 e. The van der Waals surface area contributed by atoms with Crippen molar-refractivity contribution in [3.63, 3.8) is 0 Å². The first-order valence-electron chi connectivity index (χ1n) is 8.93. The number of hydrogen-bond donors (Lipinski definition) is 1. The number of nitrogens with one attached hydrogen (secondary N) is 1. The van der Waals surface area contributed by atoms with Crippen molar-refractivity contribution in [1.82, 2.24) is 25.4 Å². The molecule has 1 N–H and O–H groups in total. The van der Waals surface area contributed by atoms with Crippen molar-refractivity contribution in [3.05, 3.63) is 83.7 Å². The first-order chi connectivity index (χ1) is 14.2. The lowest BCUT2D eigenvalue weighted by atomic mass is 10.1. The lowest BCUT2D eigenvalue weighted by Crippen LogP contribution is -2.17. The van der Waals surface area contributed by atoms with Crippen molar-refractivity contribution >= 4 is 23.2 Å². The van der Waals surface area contributed by atoms with Crippen LogP contribution in [0.2, 0.25) is 0 Å². The second-order valence-electron chi connectivity index (χ2n) is 6.24. The van der Waals surface area contributed by atoms with Crippen LogP contribution in [0.4, 0.5) is 0 Å². The van der Waals surface area contributed by atoms with E-state index in [1.807, 2.05) is 47.1 Å². The maximum atomic E-state index is 12.0. The van der Waals surface area contributed by atoms with Crippen molar-refractivity contribution in [2.45, 2.75) is 6.54 Å². The van der Waals surface area contributed by atoms with Crippen LogP contribution in [0, 0.1) is 0 Å². The van der Waals surface area contributed by atoms with Gasteiger partial charge in [0.2, 0.25) is 0 Å². The van der Waals surface area contributed by atoms with Crippen LogP contribution in [-0.2, 0) is 6.54 Å². The predicted octanol–water partition coefficient (Wildman–Crippen LogP) is 2.65. The minimum atomic E-state index is -0.300. The molecule has 0 aliphatic rings. The molecule has 0 atom stereocenters. The molecule has 0 bridgehead atoms. The van der Waals surface area contributed by atoms with Crippen molar-refractivity contribution in [2.75, 3.05) is 7.11 Å². The highest BCUT2D eigenvalue weighted by Crippen LogP contribution is 2.22. The van der Waals surface area contributed by atoms with Crippen LogP contribution in [0.3, 0.4) is 0 Å². The highest BCUT2D eigenvalue weighted by atomic mass is 16.5. The lowest BCUT2D eigenvalue weighted by Gasteiger charge is -2.10. The second kappa shape index (κ2) is 8.30. The monoisotopic (exact) mass is 386 g/mol. The van der Waals surface area contributed by atoms with E-state index in [2.05, 4.69) is 25.8 Å². The van der Waals surface area contributed by atoms with Crippen LogP contribution in [0.5, 0.6) is 5.75 Å². The molecule has 8 nitrogen and oxygen atoms in total. The Balaban J connectivity index is 1.53. The number of hydrogen-bond acceptors (Lipinski definition) is 6. The summed E-state index contributed by atoms with van der Waals surface area (Å²) in [5, 5.41) is 12.5. The summed E-state index contributed by atoms with van der Waals surface area (Å²) in [6.07, 6.45) is 4.70. The fourth-order valence-electron chi connectivity index (χ4n) is 2.93. The van der Waals surface area contributed by atoms with Gasteiger partial charge in [0.05, 0.1) is 25.4 Å². The molecular formula is C21H18N6O2. The highest BCUT2D eigenvalue weighted by molar-refractivity contribution is 5.94. The number of carbonyl (C=O) groups excluding carboxylic acids is 1. The van der Waals surface area contributed by atoms with Crippen molar-refractivity contribution in [3.8, 4) is 5.75 Å². The molecule has 4 rings (SSSR count). The Morgan fingerprint density at radius 1 is 1.17 bits per heavy atom. The molecule has 0 saturated heterocycles. The Hall–Kier alpha value is -4.07. The smallest absolute Gasteiger partial charge is 0.271 e. The summed E-state index contributed by atoms with van der Waals surface area (Å²) in [5.41, 5.74) is 6.52. The molecule has 2 heterocycles. The predicted molar refractivity (Wildman–Crippen MR) is 109 cm³/mol. The number of hydrazone groups is 1. The van der Waals surface area contributed by atoms with Gasteiger partial charge in [0, 0.05) is 23.5 Å². The quantitative estimate of drug-likeness (QED) is 0.406. The van der Waals surface area contributed by atoms with Gasteiger partial charge < -0.3 is 4.74 Å². The lowest BCUT2D eigenvalue weighted by molar-refractivity contribution is 0.0955. The SMILES string of the molecule is COc1ccc(/C=N\NC(=O)c2ccncc2)cc1Cn1nnc2ccccc21. The maximum absolute atomic E-state index is 12.0. The Morgan fingerprint density at radius 2 is 2.00 bits per heavy atom. The largest absolute Gasteiger partial charge is 0.496 e. The van der Waals surface area contributed by atoms with Crippen molar-refractivity contribution in [2.24, 2.45) is 5.10 Å². The number of fused-ring (bicyclic) bond motifs is 1. The molecule has 0 spiro atoms. The molecule has 0 saturated carbocycles. The summed E-state index contributed by atoms with van der Waals surface area (Å²) in [6, 6.07) is 16.7. The van der Waals surface area contributed by atoms with Crippen LogP contribution in [-0.4, -0.2) is 39.2 Å². The zero-order valence-corrected chi connectivity index (χ0v) is 15.7. The van der Waals surface area contributed by atoms with Crippen LogP contribution in [0.25, 0.3) is 11.0 Å².